The first-order valence-electron chi connectivity index (χ1n) is 7.83. The van der Waals surface area contributed by atoms with Crippen molar-refractivity contribution >= 4 is 52.5 Å². The number of nitrogens with one attached hydrogen (secondary N) is 1. The average molecular weight is 438 g/mol. The fraction of sp³-hybridized carbons (Fsp3) is 0.118. The summed E-state index contributed by atoms with van der Waals surface area (Å²) in [5, 5.41) is 15.5. The monoisotopic (exact) mass is 437 g/mol. The number of rotatable bonds is 6. The first-order valence-corrected chi connectivity index (χ1v) is 9.57. The number of hydrogen-bond donors (Lipinski definition) is 1. The summed E-state index contributed by atoms with van der Waals surface area (Å²) in [6.45, 7) is 0. The average Bonchev–Trinajstić information content (AvgIpc) is 3.16. The number of esters is 1. The summed E-state index contributed by atoms with van der Waals surface area (Å²) in [5.41, 5.74) is 1.31. The SMILES string of the molecule is COC(=O)c1cc(NC(=O)CSc2nnnn2-c2ccc(Cl)cc2)ccc1Cl. The number of halogens is 2. The number of anilines is 1. The molecule has 1 heterocycles. The van der Waals surface area contributed by atoms with E-state index in [2.05, 4.69) is 25.6 Å². The van der Waals surface area contributed by atoms with Crippen LogP contribution in [0.15, 0.2) is 47.6 Å². The van der Waals surface area contributed by atoms with Gasteiger partial charge in [-0.25, -0.2) is 4.79 Å². The largest absolute Gasteiger partial charge is 0.465 e. The number of benzene rings is 2. The molecule has 1 amide bonds. The van der Waals surface area contributed by atoms with E-state index in [9.17, 15) is 9.59 Å². The zero-order chi connectivity index (χ0) is 20.1. The quantitative estimate of drug-likeness (QED) is 0.465. The van der Waals surface area contributed by atoms with E-state index in [1.165, 1.54) is 23.9 Å². The molecule has 0 aliphatic rings. The van der Waals surface area contributed by atoms with Gasteiger partial charge in [-0.05, 0) is 52.9 Å². The van der Waals surface area contributed by atoms with Gasteiger partial charge in [0.05, 0.1) is 29.1 Å². The van der Waals surface area contributed by atoms with Crippen LogP contribution in [0.4, 0.5) is 5.69 Å². The molecule has 1 N–H and O–H groups in total. The zero-order valence-electron chi connectivity index (χ0n) is 14.4. The molecule has 144 valence electrons. The molecule has 3 aromatic rings. The number of aromatic nitrogens is 4. The molecule has 0 bridgehead atoms. The van der Waals surface area contributed by atoms with Crippen molar-refractivity contribution in [1.29, 1.82) is 0 Å². The number of carbonyl (C=O) groups is 2. The van der Waals surface area contributed by atoms with Gasteiger partial charge >= 0.3 is 5.97 Å². The van der Waals surface area contributed by atoms with Crippen LogP contribution in [-0.2, 0) is 9.53 Å². The van der Waals surface area contributed by atoms with Gasteiger partial charge in [0.2, 0.25) is 11.1 Å². The van der Waals surface area contributed by atoms with Gasteiger partial charge in [0.15, 0.2) is 0 Å². The summed E-state index contributed by atoms with van der Waals surface area (Å²) in [6.07, 6.45) is 0. The molecule has 0 radical (unpaired) electrons. The number of amides is 1. The fourth-order valence-electron chi connectivity index (χ4n) is 2.21. The molecule has 0 saturated carbocycles. The summed E-state index contributed by atoms with van der Waals surface area (Å²) >= 11 is 13.0. The lowest BCUT2D eigenvalue weighted by molar-refractivity contribution is -0.113. The Morgan fingerprint density at radius 3 is 2.64 bits per heavy atom. The van der Waals surface area contributed by atoms with Crippen molar-refractivity contribution in [2.24, 2.45) is 0 Å². The third-order valence-electron chi connectivity index (χ3n) is 3.50. The Balaban J connectivity index is 1.65. The van der Waals surface area contributed by atoms with Crippen molar-refractivity contribution in [2.45, 2.75) is 5.16 Å². The Kier molecular flexibility index (Phi) is 6.50. The third kappa shape index (κ3) is 4.80. The maximum absolute atomic E-state index is 12.3. The van der Waals surface area contributed by atoms with Gasteiger partial charge in [-0.3, -0.25) is 4.79 Å². The van der Waals surface area contributed by atoms with Crippen molar-refractivity contribution in [1.82, 2.24) is 20.2 Å². The maximum Gasteiger partial charge on any atom is 0.339 e. The lowest BCUT2D eigenvalue weighted by atomic mass is 10.2. The van der Waals surface area contributed by atoms with Gasteiger partial charge in [-0.15, -0.1) is 5.10 Å². The van der Waals surface area contributed by atoms with Gasteiger partial charge < -0.3 is 10.1 Å². The van der Waals surface area contributed by atoms with Crippen molar-refractivity contribution in [3.05, 3.63) is 58.1 Å². The molecule has 3 rings (SSSR count). The Labute approximate surface area is 174 Å². The summed E-state index contributed by atoms with van der Waals surface area (Å²) in [7, 11) is 1.26. The standard InChI is InChI=1S/C17H13Cl2N5O3S/c1-27-16(26)13-8-11(4-7-14(13)19)20-15(25)9-28-17-21-22-23-24(17)12-5-2-10(18)3-6-12/h2-8H,9H2,1H3,(H,20,25). The van der Waals surface area contributed by atoms with Crippen LogP contribution in [0.1, 0.15) is 10.4 Å². The van der Waals surface area contributed by atoms with Crippen LogP contribution in [0, 0.1) is 0 Å². The first kappa shape index (κ1) is 20.1. The predicted octanol–water partition coefficient (Wildman–Crippen LogP) is 3.49. The molecule has 0 unspecified atom stereocenters. The maximum atomic E-state index is 12.3. The van der Waals surface area contributed by atoms with E-state index in [0.29, 0.717) is 15.9 Å². The van der Waals surface area contributed by atoms with E-state index in [1.807, 2.05) is 0 Å². The number of hydrogen-bond acceptors (Lipinski definition) is 7. The number of tetrazole rings is 1. The predicted molar refractivity (Wildman–Crippen MR) is 106 cm³/mol. The minimum atomic E-state index is -0.586. The number of nitrogens with zero attached hydrogens (tertiary/aromatic N) is 4. The molecule has 0 spiro atoms. The van der Waals surface area contributed by atoms with E-state index in [1.54, 1.807) is 30.3 Å². The number of methoxy groups -OCH3 is 1. The molecule has 1 aromatic heterocycles. The third-order valence-corrected chi connectivity index (χ3v) is 5.00. The molecule has 11 heteroatoms. The molecule has 8 nitrogen and oxygen atoms in total. The van der Waals surface area contributed by atoms with Crippen LogP contribution in [0.3, 0.4) is 0 Å². The van der Waals surface area contributed by atoms with E-state index in [0.717, 1.165) is 17.4 Å². The highest BCUT2D eigenvalue weighted by molar-refractivity contribution is 7.99. The molecular formula is C17H13Cl2N5O3S. The molecule has 0 aliphatic heterocycles. The summed E-state index contributed by atoms with van der Waals surface area (Å²) in [4.78, 5) is 23.9. The first-order chi connectivity index (χ1) is 13.5. The van der Waals surface area contributed by atoms with Crippen molar-refractivity contribution < 1.29 is 14.3 Å². The van der Waals surface area contributed by atoms with E-state index < -0.39 is 5.97 Å². The van der Waals surface area contributed by atoms with Crippen LogP contribution in [0.2, 0.25) is 10.0 Å². The van der Waals surface area contributed by atoms with Gasteiger partial charge in [0.1, 0.15) is 0 Å². The Hall–Kier alpha value is -2.62. The van der Waals surface area contributed by atoms with Crippen molar-refractivity contribution in [2.75, 3.05) is 18.2 Å². The Morgan fingerprint density at radius 1 is 1.18 bits per heavy atom. The van der Waals surface area contributed by atoms with Crippen LogP contribution >= 0.6 is 35.0 Å². The smallest absolute Gasteiger partial charge is 0.339 e. The van der Waals surface area contributed by atoms with Crippen LogP contribution < -0.4 is 5.32 Å². The molecule has 0 atom stereocenters. The zero-order valence-corrected chi connectivity index (χ0v) is 16.8. The molecule has 0 fully saturated rings. The highest BCUT2D eigenvalue weighted by atomic mass is 35.5. The molecule has 28 heavy (non-hydrogen) atoms. The Bertz CT molecular complexity index is 1010. The van der Waals surface area contributed by atoms with Gasteiger partial charge in [-0.2, -0.15) is 4.68 Å². The Morgan fingerprint density at radius 2 is 1.93 bits per heavy atom. The number of ether oxygens (including phenoxy) is 1. The second-order valence-corrected chi connectivity index (χ2v) is 7.16. The van der Waals surface area contributed by atoms with Crippen LogP contribution in [0.5, 0.6) is 0 Å². The van der Waals surface area contributed by atoms with Crippen molar-refractivity contribution in [3.8, 4) is 5.69 Å². The highest BCUT2D eigenvalue weighted by Crippen LogP contribution is 2.23. The highest BCUT2D eigenvalue weighted by Gasteiger charge is 2.14. The lowest BCUT2D eigenvalue weighted by Gasteiger charge is -2.08. The normalized spacial score (nSPS) is 10.5. The minimum Gasteiger partial charge on any atom is -0.465 e. The lowest BCUT2D eigenvalue weighted by Crippen LogP contribution is -2.15. The summed E-state index contributed by atoms with van der Waals surface area (Å²) in [6, 6.07) is 11.5. The fourth-order valence-corrected chi connectivity index (χ4v) is 3.22. The molecular weight excluding hydrogens is 425 g/mol. The molecule has 2 aromatic carbocycles. The minimum absolute atomic E-state index is 0.0597. The number of carbonyl (C=O) groups excluding carboxylic acids is 2. The summed E-state index contributed by atoms with van der Waals surface area (Å²) in [5.74, 6) is -0.823. The van der Waals surface area contributed by atoms with E-state index in [-0.39, 0.29) is 22.2 Å². The van der Waals surface area contributed by atoms with E-state index in [4.69, 9.17) is 23.2 Å². The topological polar surface area (TPSA) is 99.0 Å². The van der Waals surface area contributed by atoms with Crippen LogP contribution in [-0.4, -0.2) is 44.9 Å². The van der Waals surface area contributed by atoms with Gasteiger partial charge in [0, 0.05) is 10.7 Å². The van der Waals surface area contributed by atoms with E-state index >= 15 is 0 Å². The second-order valence-electron chi connectivity index (χ2n) is 5.37. The molecule has 0 saturated heterocycles. The second kappa shape index (κ2) is 9.05. The van der Waals surface area contributed by atoms with Gasteiger partial charge in [-0.1, -0.05) is 35.0 Å². The van der Waals surface area contributed by atoms with Crippen molar-refractivity contribution in [3.63, 3.8) is 0 Å². The molecule has 0 aliphatic carbocycles. The summed E-state index contributed by atoms with van der Waals surface area (Å²) < 4.78 is 6.17. The number of thioether (sulfide) groups is 1. The van der Waals surface area contributed by atoms with Gasteiger partial charge in [0.25, 0.3) is 0 Å². The van der Waals surface area contributed by atoms with Crippen LogP contribution in [0.25, 0.3) is 5.69 Å².